The molecule has 2 aromatic heterocycles. The topological polar surface area (TPSA) is 107 Å². The highest BCUT2D eigenvalue weighted by Crippen LogP contribution is 2.46. The summed E-state index contributed by atoms with van der Waals surface area (Å²) in [5.41, 5.74) is 4.45. The average molecular weight is 511 g/mol. The number of rotatable bonds is 7. The first kappa shape index (κ1) is 24.0. The fourth-order valence-corrected chi connectivity index (χ4v) is 5.79. The molecule has 6 rings (SSSR count). The van der Waals surface area contributed by atoms with E-state index in [2.05, 4.69) is 15.6 Å². The summed E-state index contributed by atoms with van der Waals surface area (Å²) in [6.07, 6.45) is 2.62. The zero-order chi connectivity index (χ0) is 26.4. The van der Waals surface area contributed by atoms with Crippen LogP contribution in [0.1, 0.15) is 59.2 Å². The molecule has 2 aromatic carbocycles. The average Bonchev–Trinajstić information content (AvgIpc) is 3.66. The normalized spacial score (nSPS) is 19.4. The van der Waals surface area contributed by atoms with Crippen LogP contribution in [0, 0.1) is 5.92 Å². The second-order valence-electron chi connectivity index (χ2n) is 10.2. The summed E-state index contributed by atoms with van der Waals surface area (Å²) in [6.45, 7) is 4.16. The van der Waals surface area contributed by atoms with E-state index in [1.807, 2.05) is 62.4 Å². The number of hydrogen-bond donors (Lipinski definition) is 3. The third-order valence-electron chi connectivity index (χ3n) is 7.96. The third-order valence-corrected chi connectivity index (χ3v) is 7.96. The Balaban J connectivity index is 1.34. The number of hydrogen-bond acceptors (Lipinski definition) is 4. The van der Waals surface area contributed by atoms with Gasteiger partial charge < -0.3 is 24.9 Å². The van der Waals surface area contributed by atoms with Crippen LogP contribution in [0.15, 0.2) is 71.3 Å². The molecule has 0 fully saturated rings. The van der Waals surface area contributed by atoms with Gasteiger partial charge in [-0.3, -0.25) is 14.4 Å². The molecule has 3 N–H and O–H groups in total. The summed E-state index contributed by atoms with van der Waals surface area (Å²) in [5, 5.41) is 6.94. The predicted octanol–water partition coefficient (Wildman–Crippen LogP) is 4.08. The highest BCUT2D eigenvalue weighted by atomic mass is 16.3. The Hall–Kier alpha value is -4.33. The molecule has 8 heteroatoms. The van der Waals surface area contributed by atoms with Gasteiger partial charge in [-0.2, -0.15) is 0 Å². The van der Waals surface area contributed by atoms with Gasteiger partial charge in [-0.05, 0) is 41.3 Å². The number of benzene rings is 2. The van der Waals surface area contributed by atoms with Gasteiger partial charge in [-0.25, -0.2) is 0 Å². The molecule has 4 heterocycles. The van der Waals surface area contributed by atoms with E-state index in [0.717, 1.165) is 27.7 Å². The first-order chi connectivity index (χ1) is 18.5. The van der Waals surface area contributed by atoms with Crippen molar-refractivity contribution in [3.63, 3.8) is 0 Å². The number of furan rings is 1. The van der Waals surface area contributed by atoms with Crippen molar-refractivity contribution in [2.24, 2.45) is 5.92 Å². The number of fused-ring (bicyclic) bond motifs is 7. The fourth-order valence-electron chi connectivity index (χ4n) is 5.79. The molecule has 194 valence electrons. The van der Waals surface area contributed by atoms with Crippen LogP contribution in [0.3, 0.4) is 0 Å². The largest absolute Gasteiger partial charge is 0.467 e. The minimum atomic E-state index is -0.754. The molecule has 0 unspecified atom stereocenters. The van der Waals surface area contributed by atoms with Gasteiger partial charge >= 0.3 is 0 Å². The summed E-state index contributed by atoms with van der Waals surface area (Å²) in [6, 6.07) is 17.2. The molecule has 38 heavy (non-hydrogen) atoms. The lowest BCUT2D eigenvalue weighted by atomic mass is 9.89. The van der Waals surface area contributed by atoms with Gasteiger partial charge in [-0.15, -0.1) is 0 Å². The SMILES string of the molecule is CC[C@H](C)[C@H](NC(=O)[C@@H]1Cc2c([nH]c3ccccc23)[C@H]2c3ccccc3C(=O)N21)C(=O)NCc1ccco1. The van der Waals surface area contributed by atoms with Crippen LogP contribution < -0.4 is 10.6 Å². The Labute approximate surface area is 220 Å². The van der Waals surface area contributed by atoms with Crippen LogP contribution >= 0.6 is 0 Å². The van der Waals surface area contributed by atoms with E-state index in [4.69, 9.17) is 4.42 Å². The molecule has 0 radical (unpaired) electrons. The zero-order valence-corrected chi connectivity index (χ0v) is 21.4. The lowest BCUT2D eigenvalue weighted by Crippen LogP contribution is -2.58. The van der Waals surface area contributed by atoms with Crippen LogP contribution in [0.2, 0.25) is 0 Å². The van der Waals surface area contributed by atoms with Gasteiger partial charge in [0.25, 0.3) is 5.91 Å². The van der Waals surface area contributed by atoms with Gasteiger partial charge in [0.2, 0.25) is 11.8 Å². The number of carbonyl (C=O) groups excluding carboxylic acids is 3. The lowest BCUT2D eigenvalue weighted by Gasteiger charge is -2.38. The molecule has 2 aliphatic rings. The van der Waals surface area contributed by atoms with E-state index in [0.29, 0.717) is 24.2 Å². The number of amides is 3. The molecular weight excluding hydrogens is 480 g/mol. The first-order valence-electron chi connectivity index (χ1n) is 13.1. The highest BCUT2D eigenvalue weighted by Gasteiger charge is 2.49. The van der Waals surface area contributed by atoms with E-state index >= 15 is 0 Å². The Morgan fingerprint density at radius 3 is 2.68 bits per heavy atom. The minimum Gasteiger partial charge on any atom is -0.467 e. The van der Waals surface area contributed by atoms with Crippen molar-refractivity contribution in [3.05, 3.63) is 95.1 Å². The molecule has 0 spiro atoms. The lowest BCUT2D eigenvalue weighted by molar-refractivity contribution is -0.133. The summed E-state index contributed by atoms with van der Waals surface area (Å²) < 4.78 is 5.33. The van der Waals surface area contributed by atoms with E-state index in [1.54, 1.807) is 23.3 Å². The van der Waals surface area contributed by atoms with E-state index in [-0.39, 0.29) is 36.2 Å². The molecular formula is C30H30N4O4. The van der Waals surface area contributed by atoms with Crippen LogP contribution in [0.5, 0.6) is 0 Å². The number of nitrogens with one attached hydrogen (secondary N) is 3. The van der Waals surface area contributed by atoms with Crippen LogP contribution in [-0.4, -0.2) is 39.7 Å². The Morgan fingerprint density at radius 2 is 1.89 bits per heavy atom. The van der Waals surface area contributed by atoms with Crippen LogP contribution in [0.25, 0.3) is 10.9 Å². The van der Waals surface area contributed by atoms with Crippen molar-refractivity contribution in [1.82, 2.24) is 20.5 Å². The van der Waals surface area contributed by atoms with Crippen molar-refractivity contribution in [3.8, 4) is 0 Å². The first-order valence-corrected chi connectivity index (χ1v) is 13.1. The quantitative estimate of drug-likeness (QED) is 0.348. The minimum absolute atomic E-state index is 0.106. The molecule has 3 amide bonds. The maximum atomic E-state index is 14.0. The van der Waals surface area contributed by atoms with Crippen molar-refractivity contribution >= 4 is 28.6 Å². The van der Waals surface area contributed by atoms with Crippen molar-refractivity contribution in [1.29, 1.82) is 0 Å². The zero-order valence-electron chi connectivity index (χ0n) is 21.4. The van der Waals surface area contributed by atoms with Crippen molar-refractivity contribution in [2.45, 2.75) is 51.4 Å². The molecule has 0 aliphatic carbocycles. The molecule has 0 bridgehead atoms. The second-order valence-corrected chi connectivity index (χ2v) is 10.2. The third kappa shape index (κ3) is 3.88. The number of aromatic nitrogens is 1. The van der Waals surface area contributed by atoms with Gasteiger partial charge in [-0.1, -0.05) is 56.7 Å². The van der Waals surface area contributed by atoms with Gasteiger partial charge in [0.1, 0.15) is 17.8 Å². The molecule has 8 nitrogen and oxygen atoms in total. The van der Waals surface area contributed by atoms with Crippen LogP contribution in [0.4, 0.5) is 0 Å². The predicted molar refractivity (Wildman–Crippen MR) is 142 cm³/mol. The molecule has 4 atom stereocenters. The number of nitrogens with zero attached hydrogens (tertiary/aromatic N) is 1. The van der Waals surface area contributed by atoms with Gasteiger partial charge in [0, 0.05) is 28.6 Å². The second kappa shape index (κ2) is 9.52. The standard InChI is InChI=1S/C30H30N4O4/c1-3-17(2)25(29(36)31-16-18-9-8-14-38-18)33-28(35)24-15-22-19-10-6-7-13-23(19)32-26(22)27-20-11-4-5-12-21(20)30(37)34(24)27/h4-14,17,24-25,27,32H,3,15-16H2,1-2H3,(H,31,36)(H,33,35)/t17-,24-,25-,27+/m0/s1. The summed E-state index contributed by atoms with van der Waals surface area (Å²) in [5.74, 6) is -0.247. The fraction of sp³-hybridized carbons (Fsp3) is 0.300. The highest BCUT2D eigenvalue weighted by molar-refractivity contribution is 6.04. The number of aromatic amines is 1. The summed E-state index contributed by atoms with van der Waals surface area (Å²) >= 11 is 0. The summed E-state index contributed by atoms with van der Waals surface area (Å²) in [4.78, 5) is 46.0. The monoisotopic (exact) mass is 510 g/mol. The van der Waals surface area contributed by atoms with Crippen molar-refractivity contribution < 1.29 is 18.8 Å². The smallest absolute Gasteiger partial charge is 0.255 e. The van der Waals surface area contributed by atoms with Crippen molar-refractivity contribution in [2.75, 3.05) is 0 Å². The Morgan fingerprint density at radius 1 is 1.11 bits per heavy atom. The molecule has 0 saturated carbocycles. The van der Waals surface area contributed by atoms with E-state index in [1.165, 1.54) is 0 Å². The van der Waals surface area contributed by atoms with Crippen LogP contribution in [-0.2, 0) is 22.6 Å². The Bertz CT molecular complexity index is 1520. The van der Waals surface area contributed by atoms with E-state index < -0.39 is 12.1 Å². The number of H-pyrrole nitrogens is 1. The number of para-hydroxylation sites is 1. The molecule has 2 aliphatic heterocycles. The number of carbonyl (C=O) groups is 3. The van der Waals surface area contributed by atoms with E-state index in [9.17, 15) is 14.4 Å². The maximum absolute atomic E-state index is 14.0. The van der Waals surface area contributed by atoms with Gasteiger partial charge in [0.15, 0.2) is 0 Å². The maximum Gasteiger partial charge on any atom is 0.255 e. The Kier molecular flexibility index (Phi) is 6.02. The van der Waals surface area contributed by atoms with Gasteiger partial charge in [0.05, 0.1) is 18.8 Å². The summed E-state index contributed by atoms with van der Waals surface area (Å²) in [7, 11) is 0. The molecule has 4 aromatic rings. The molecule has 0 saturated heterocycles.